The number of aliphatic carboxylic acids is 1. The second-order valence-electron chi connectivity index (χ2n) is 5.06. The van der Waals surface area contributed by atoms with Crippen LogP contribution in [0.15, 0.2) is 16.0 Å². The predicted octanol–water partition coefficient (Wildman–Crippen LogP) is 2.54. The summed E-state index contributed by atoms with van der Waals surface area (Å²) in [5.41, 5.74) is 2.76. The van der Waals surface area contributed by atoms with Crippen LogP contribution in [-0.2, 0) is 17.8 Å². The van der Waals surface area contributed by atoms with Crippen molar-refractivity contribution in [1.82, 2.24) is 10.1 Å². The molecule has 1 aliphatic rings. The molecule has 6 heteroatoms. The summed E-state index contributed by atoms with van der Waals surface area (Å²) in [6.07, 6.45) is 0.903. The van der Waals surface area contributed by atoms with Crippen molar-refractivity contribution >= 4 is 17.3 Å². The van der Waals surface area contributed by atoms with E-state index in [0.717, 1.165) is 35.5 Å². The van der Waals surface area contributed by atoms with E-state index in [2.05, 4.69) is 5.16 Å². The van der Waals surface area contributed by atoms with E-state index in [4.69, 9.17) is 4.52 Å². The smallest absolute Gasteiger partial charge is 0.325 e. The van der Waals surface area contributed by atoms with Crippen LogP contribution < -0.4 is 0 Å². The molecule has 0 aromatic carbocycles. The molecule has 0 radical (unpaired) electrons. The number of aromatic nitrogens is 1. The average molecular weight is 292 g/mol. The number of carboxylic acids is 1. The van der Waals surface area contributed by atoms with Crippen LogP contribution in [0.4, 0.5) is 0 Å². The summed E-state index contributed by atoms with van der Waals surface area (Å²) in [6.45, 7) is 5.06. The lowest BCUT2D eigenvalue weighted by Crippen LogP contribution is -2.38. The largest absolute Gasteiger partial charge is 0.480 e. The molecule has 0 fully saturated rings. The topological polar surface area (TPSA) is 66.6 Å². The lowest BCUT2D eigenvalue weighted by atomic mass is 9.99. The molecule has 3 rings (SSSR count). The standard InChI is InChI=1S/C14H16N2O3S/c1-8-11(9(2)19-15-8)7-16-5-3-12-10(4-6-20-12)13(16)14(17)18/h4,6,13H,3,5,7H2,1-2H3,(H,17,18). The van der Waals surface area contributed by atoms with Gasteiger partial charge in [0.05, 0.1) is 5.69 Å². The Hall–Kier alpha value is -1.66. The molecular weight excluding hydrogens is 276 g/mol. The van der Waals surface area contributed by atoms with Gasteiger partial charge in [-0.1, -0.05) is 5.16 Å². The van der Waals surface area contributed by atoms with Crippen LogP contribution in [0, 0.1) is 13.8 Å². The molecule has 0 saturated heterocycles. The van der Waals surface area contributed by atoms with Crippen molar-refractivity contribution in [3.05, 3.63) is 38.9 Å². The van der Waals surface area contributed by atoms with E-state index in [1.165, 1.54) is 4.88 Å². The Morgan fingerprint density at radius 3 is 3.05 bits per heavy atom. The van der Waals surface area contributed by atoms with Gasteiger partial charge >= 0.3 is 5.97 Å². The third kappa shape index (κ3) is 2.14. The molecule has 1 aliphatic heterocycles. The summed E-state index contributed by atoms with van der Waals surface area (Å²) in [7, 11) is 0. The molecule has 0 bridgehead atoms. The summed E-state index contributed by atoms with van der Waals surface area (Å²) >= 11 is 1.64. The predicted molar refractivity (Wildman–Crippen MR) is 74.8 cm³/mol. The van der Waals surface area contributed by atoms with Gasteiger partial charge in [-0.25, -0.2) is 0 Å². The van der Waals surface area contributed by atoms with E-state index in [-0.39, 0.29) is 0 Å². The molecule has 20 heavy (non-hydrogen) atoms. The fourth-order valence-corrected chi connectivity index (χ4v) is 3.66. The van der Waals surface area contributed by atoms with Gasteiger partial charge in [-0.05, 0) is 37.3 Å². The van der Waals surface area contributed by atoms with Crippen molar-refractivity contribution in [3.8, 4) is 0 Å². The Bertz CT molecular complexity index is 627. The molecule has 106 valence electrons. The van der Waals surface area contributed by atoms with Crippen LogP contribution in [0.25, 0.3) is 0 Å². The zero-order valence-corrected chi connectivity index (χ0v) is 12.2. The van der Waals surface area contributed by atoms with E-state index in [1.807, 2.05) is 30.2 Å². The van der Waals surface area contributed by atoms with Crippen molar-refractivity contribution in [2.45, 2.75) is 32.9 Å². The quantitative estimate of drug-likeness (QED) is 0.941. The molecule has 0 amide bonds. The van der Waals surface area contributed by atoms with Crippen molar-refractivity contribution in [1.29, 1.82) is 0 Å². The number of fused-ring (bicyclic) bond motifs is 1. The molecule has 1 N–H and O–H groups in total. The van der Waals surface area contributed by atoms with Gasteiger partial charge in [0.15, 0.2) is 0 Å². The minimum absolute atomic E-state index is 0.563. The van der Waals surface area contributed by atoms with Crippen molar-refractivity contribution in [2.75, 3.05) is 6.54 Å². The molecule has 3 heterocycles. The van der Waals surface area contributed by atoms with Crippen molar-refractivity contribution in [2.24, 2.45) is 0 Å². The first kappa shape index (κ1) is 13.3. The summed E-state index contributed by atoms with van der Waals surface area (Å²) < 4.78 is 5.16. The van der Waals surface area contributed by atoms with Crippen LogP contribution in [0.5, 0.6) is 0 Å². The highest BCUT2D eigenvalue weighted by Crippen LogP contribution is 2.34. The third-order valence-corrected chi connectivity index (χ3v) is 4.84. The van der Waals surface area contributed by atoms with Gasteiger partial charge in [-0.2, -0.15) is 0 Å². The molecule has 0 spiro atoms. The Morgan fingerprint density at radius 1 is 1.60 bits per heavy atom. The minimum Gasteiger partial charge on any atom is -0.480 e. The van der Waals surface area contributed by atoms with Crippen LogP contribution in [0.1, 0.15) is 33.5 Å². The Kier molecular flexibility index (Phi) is 3.35. The summed E-state index contributed by atoms with van der Waals surface area (Å²) in [6, 6.07) is 1.36. The molecular formula is C14H16N2O3S. The number of carbonyl (C=O) groups is 1. The molecule has 1 unspecified atom stereocenters. The maximum atomic E-state index is 11.6. The molecule has 1 atom stereocenters. The summed E-state index contributed by atoms with van der Waals surface area (Å²) in [5.74, 6) is -0.0288. The summed E-state index contributed by atoms with van der Waals surface area (Å²) in [4.78, 5) is 14.8. The zero-order chi connectivity index (χ0) is 14.3. The number of hydrogen-bond donors (Lipinski definition) is 1. The highest BCUT2D eigenvalue weighted by Gasteiger charge is 2.34. The number of rotatable bonds is 3. The van der Waals surface area contributed by atoms with Gasteiger partial charge in [0.25, 0.3) is 0 Å². The first-order valence-electron chi connectivity index (χ1n) is 6.52. The molecule has 0 aliphatic carbocycles. The normalized spacial score (nSPS) is 19.0. The highest BCUT2D eigenvalue weighted by atomic mass is 32.1. The van der Waals surface area contributed by atoms with E-state index in [1.54, 1.807) is 11.3 Å². The first-order valence-corrected chi connectivity index (χ1v) is 7.40. The van der Waals surface area contributed by atoms with E-state index in [0.29, 0.717) is 6.54 Å². The number of aryl methyl sites for hydroxylation is 2. The Morgan fingerprint density at radius 2 is 2.40 bits per heavy atom. The number of nitrogens with zero attached hydrogens (tertiary/aromatic N) is 2. The van der Waals surface area contributed by atoms with Gasteiger partial charge < -0.3 is 9.63 Å². The lowest BCUT2D eigenvalue weighted by molar-refractivity contribution is -0.144. The maximum Gasteiger partial charge on any atom is 0.325 e. The summed E-state index contributed by atoms with van der Waals surface area (Å²) in [5, 5.41) is 15.5. The first-order chi connectivity index (χ1) is 9.58. The number of hydrogen-bond acceptors (Lipinski definition) is 5. The van der Waals surface area contributed by atoms with E-state index in [9.17, 15) is 9.90 Å². The fourth-order valence-electron chi connectivity index (χ4n) is 2.76. The average Bonchev–Trinajstić information content (AvgIpc) is 2.99. The van der Waals surface area contributed by atoms with Gasteiger partial charge in [-0.15, -0.1) is 11.3 Å². The number of carboxylic acid groups (broad SMARTS) is 1. The van der Waals surface area contributed by atoms with Crippen molar-refractivity contribution in [3.63, 3.8) is 0 Å². The van der Waals surface area contributed by atoms with Gasteiger partial charge in [0, 0.05) is 23.5 Å². The van der Waals surface area contributed by atoms with Gasteiger partial charge in [-0.3, -0.25) is 9.69 Å². The lowest BCUT2D eigenvalue weighted by Gasteiger charge is -2.32. The van der Waals surface area contributed by atoms with Crippen molar-refractivity contribution < 1.29 is 14.4 Å². The Labute approximate surface area is 120 Å². The third-order valence-electron chi connectivity index (χ3n) is 3.84. The monoisotopic (exact) mass is 292 g/mol. The molecule has 2 aromatic heterocycles. The van der Waals surface area contributed by atoms with Gasteiger partial charge in [0.1, 0.15) is 11.8 Å². The molecule has 2 aromatic rings. The second-order valence-corrected chi connectivity index (χ2v) is 6.06. The highest BCUT2D eigenvalue weighted by molar-refractivity contribution is 7.10. The van der Waals surface area contributed by atoms with Crippen LogP contribution in [0.3, 0.4) is 0 Å². The number of thiophene rings is 1. The maximum absolute atomic E-state index is 11.6. The van der Waals surface area contributed by atoms with E-state index < -0.39 is 12.0 Å². The zero-order valence-electron chi connectivity index (χ0n) is 11.4. The Balaban J connectivity index is 1.92. The molecule has 0 saturated carbocycles. The van der Waals surface area contributed by atoms with Crippen LogP contribution in [-0.4, -0.2) is 27.7 Å². The second kappa shape index (κ2) is 5.03. The van der Waals surface area contributed by atoms with Crippen LogP contribution >= 0.6 is 11.3 Å². The molecule has 5 nitrogen and oxygen atoms in total. The van der Waals surface area contributed by atoms with Crippen LogP contribution in [0.2, 0.25) is 0 Å². The van der Waals surface area contributed by atoms with E-state index >= 15 is 0 Å². The van der Waals surface area contributed by atoms with Gasteiger partial charge in [0.2, 0.25) is 0 Å². The SMILES string of the molecule is Cc1noc(C)c1CN1CCc2sccc2C1C(=O)O. The fraction of sp³-hybridized carbons (Fsp3) is 0.429. The minimum atomic E-state index is -0.795.